The van der Waals surface area contributed by atoms with Crippen LogP contribution < -0.4 is 0 Å². The monoisotopic (exact) mass is 336 g/mol. The lowest BCUT2D eigenvalue weighted by Gasteiger charge is -2.33. The molecule has 2 aromatic rings. The minimum absolute atomic E-state index is 0.0812. The fraction of sp³-hybridized carbons (Fsp3) is 0.333. The molecule has 0 unspecified atom stereocenters. The molecule has 2 aromatic carbocycles. The van der Waals surface area contributed by atoms with Gasteiger partial charge in [0.15, 0.2) is 0 Å². The van der Waals surface area contributed by atoms with E-state index in [1.165, 1.54) is 4.90 Å². The van der Waals surface area contributed by atoms with Gasteiger partial charge >= 0.3 is 6.03 Å². The summed E-state index contributed by atoms with van der Waals surface area (Å²) in [4.78, 5) is 29.4. The summed E-state index contributed by atoms with van der Waals surface area (Å²) in [5, 5.41) is 0. The fourth-order valence-electron chi connectivity index (χ4n) is 3.61. The van der Waals surface area contributed by atoms with E-state index in [0.717, 1.165) is 11.1 Å². The van der Waals surface area contributed by atoms with Crippen molar-refractivity contribution >= 4 is 11.9 Å². The summed E-state index contributed by atoms with van der Waals surface area (Å²) in [6.45, 7) is 4.75. The smallest absolute Gasteiger partial charge is 0.305 e. The van der Waals surface area contributed by atoms with Crippen LogP contribution in [0.5, 0.6) is 0 Å². The summed E-state index contributed by atoms with van der Waals surface area (Å²) < 4.78 is 0. The number of nitrogens with zero attached hydrogens (tertiary/aromatic N) is 2. The first kappa shape index (κ1) is 17.2. The maximum absolute atomic E-state index is 13.2. The Bertz CT molecular complexity index is 739. The Kier molecular flexibility index (Phi) is 4.88. The number of benzene rings is 2. The highest BCUT2D eigenvalue weighted by Crippen LogP contribution is 2.36. The molecule has 0 N–H and O–H groups in total. The first-order chi connectivity index (χ1) is 12.1. The standard InChI is InChI=1S/C21H24N2O2/c1-3-21(4-2)19(24)22(15-17-11-7-5-8-12-17)20(25)23(21)16-18-13-9-6-10-14-18/h5-14H,3-4,15-16H2,1-2H3. The second-order valence-electron chi connectivity index (χ2n) is 6.47. The minimum atomic E-state index is -0.748. The lowest BCUT2D eigenvalue weighted by Crippen LogP contribution is -2.48. The Labute approximate surface area is 149 Å². The highest BCUT2D eigenvalue weighted by atomic mass is 16.2. The van der Waals surface area contributed by atoms with E-state index in [1.54, 1.807) is 4.90 Å². The number of urea groups is 1. The van der Waals surface area contributed by atoms with Crippen molar-refractivity contribution in [3.63, 3.8) is 0 Å². The molecule has 4 heteroatoms. The molecular formula is C21H24N2O2. The number of carbonyl (C=O) groups is 2. The predicted molar refractivity (Wildman–Crippen MR) is 97.7 cm³/mol. The number of hydrogen-bond acceptors (Lipinski definition) is 2. The molecule has 0 bridgehead atoms. The van der Waals surface area contributed by atoms with Crippen LogP contribution in [0.1, 0.15) is 37.8 Å². The van der Waals surface area contributed by atoms with Crippen LogP contribution in [-0.2, 0) is 17.9 Å². The Balaban J connectivity index is 1.92. The van der Waals surface area contributed by atoms with Gasteiger partial charge in [-0.3, -0.25) is 9.69 Å². The zero-order chi connectivity index (χ0) is 17.9. The van der Waals surface area contributed by atoms with Crippen LogP contribution in [0.2, 0.25) is 0 Å². The molecule has 0 aromatic heterocycles. The minimum Gasteiger partial charge on any atom is -0.305 e. The lowest BCUT2D eigenvalue weighted by atomic mass is 9.90. The summed E-state index contributed by atoms with van der Waals surface area (Å²) in [7, 11) is 0. The van der Waals surface area contributed by atoms with Crippen LogP contribution in [0.4, 0.5) is 4.79 Å². The van der Waals surface area contributed by atoms with Gasteiger partial charge < -0.3 is 4.90 Å². The lowest BCUT2D eigenvalue weighted by molar-refractivity contribution is -0.134. The largest absolute Gasteiger partial charge is 0.328 e. The highest BCUT2D eigenvalue weighted by Gasteiger charge is 2.54. The number of rotatable bonds is 6. The van der Waals surface area contributed by atoms with E-state index < -0.39 is 5.54 Å². The number of imide groups is 1. The molecule has 0 radical (unpaired) electrons. The van der Waals surface area contributed by atoms with Crippen LogP contribution in [-0.4, -0.2) is 27.3 Å². The van der Waals surface area contributed by atoms with Crippen LogP contribution in [0, 0.1) is 0 Å². The van der Waals surface area contributed by atoms with E-state index in [-0.39, 0.29) is 11.9 Å². The van der Waals surface area contributed by atoms with Gasteiger partial charge in [0.05, 0.1) is 6.54 Å². The molecular weight excluding hydrogens is 312 g/mol. The predicted octanol–water partition coefficient (Wildman–Crippen LogP) is 4.21. The molecule has 3 rings (SSSR count). The van der Waals surface area contributed by atoms with E-state index in [0.29, 0.717) is 25.9 Å². The zero-order valence-corrected chi connectivity index (χ0v) is 14.8. The van der Waals surface area contributed by atoms with Crippen LogP contribution in [0.3, 0.4) is 0 Å². The molecule has 4 nitrogen and oxygen atoms in total. The van der Waals surface area contributed by atoms with Gasteiger partial charge in [-0.25, -0.2) is 4.79 Å². The van der Waals surface area contributed by atoms with Gasteiger partial charge in [-0.05, 0) is 24.0 Å². The normalized spacial score (nSPS) is 16.6. The first-order valence-corrected chi connectivity index (χ1v) is 8.83. The molecule has 1 saturated heterocycles. The summed E-state index contributed by atoms with van der Waals surface area (Å²) in [6, 6.07) is 19.3. The van der Waals surface area contributed by atoms with Crippen molar-refractivity contribution in [1.82, 2.24) is 9.80 Å². The molecule has 0 spiro atoms. The SMILES string of the molecule is CCC1(CC)C(=O)N(Cc2ccccc2)C(=O)N1Cc1ccccc1. The highest BCUT2D eigenvalue weighted by molar-refractivity contribution is 6.06. The zero-order valence-electron chi connectivity index (χ0n) is 14.8. The van der Waals surface area contributed by atoms with Gasteiger partial charge in [-0.2, -0.15) is 0 Å². The van der Waals surface area contributed by atoms with Crippen molar-refractivity contribution in [2.45, 2.75) is 45.3 Å². The second kappa shape index (κ2) is 7.09. The van der Waals surface area contributed by atoms with Crippen LogP contribution in [0.25, 0.3) is 0 Å². The molecule has 1 aliphatic rings. The molecule has 1 heterocycles. The van der Waals surface area contributed by atoms with Crippen molar-refractivity contribution in [1.29, 1.82) is 0 Å². The van der Waals surface area contributed by atoms with Crippen LogP contribution in [0.15, 0.2) is 60.7 Å². The number of amides is 3. The van der Waals surface area contributed by atoms with Crippen molar-refractivity contribution in [2.24, 2.45) is 0 Å². The van der Waals surface area contributed by atoms with Gasteiger partial charge in [0.25, 0.3) is 5.91 Å². The van der Waals surface area contributed by atoms with Gasteiger partial charge in [0, 0.05) is 6.54 Å². The van der Waals surface area contributed by atoms with E-state index in [2.05, 4.69) is 0 Å². The average molecular weight is 336 g/mol. The van der Waals surface area contributed by atoms with E-state index in [4.69, 9.17) is 0 Å². The van der Waals surface area contributed by atoms with Crippen molar-refractivity contribution in [3.8, 4) is 0 Å². The van der Waals surface area contributed by atoms with Gasteiger partial charge in [0.2, 0.25) is 0 Å². The van der Waals surface area contributed by atoms with Crippen molar-refractivity contribution in [2.75, 3.05) is 0 Å². The summed E-state index contributed by atoms with van der Waals surface area (Å²) in [5.74, 6) is -0.0812. The van der Waals surface area contributed by atoms with Crippen LogP contribution >= 0.6 is 0 Å². The molecule has 130 valence electrons. The number of hydrogen-bond donors (Lipinski definition) is 0. The Morgan fingerprint density at radius 3 is 1.72 bits per heavy atom. The Morgan fingerprint density at radius 2 is 1.24 bits per heavy atom. The first-order valence-electron chi connectivity index (χ1n) is 8.83. The van der Waals surface area contributed by atoms with E-state index in [1.807, 2.05) is 74.5 Å². The molecule has 3 amide bonds. The topological polar surface area (TPSA) is 40.6 Å². The molecule has 1 fully saturated rings. The summed E-state index contributed by atoms with van der Waals surface area (Å²) in [6.07, 6.45) is 1.23. The van der Waals surface area contributed by atoms with Gasteiger partial charge in [-0.15, -0.1) is 0 Å². The third-order valence-electron chi connectivity index (χ3n) is 5.16. The molecule has 0 atom stereocenters. The Morgan fingerprint density at radius 1 is 0.760 bits per heavy atom. The maximum atomic E-state index is 13.2. The quantitative estimate of drug-likeness (QED) is 0.742. The number of carbonyl (C=O) groups excluding carboxylic acids is 2. The maximum Gasteiger partial charge on any atom is 0.328 e. The van der Waals surface area contributed by atoms with E-state index >= 15 is 0 Å². The summed E-state index contributed by atoms with van der Waals surface area (Å²) in [5.41, 5.74) is 1.25. The molecule has 0 aliphatic carbocycles. The summed E-state index contributed by atoms with van der Waals surface area (Å²) >= 11 is 0. The third kappa shape index (κ3) is 3.04. The van der Waals surface area contributed by atoms with Gasteiger partial charge in [-0.1, -0.05) is 74.5 Å². The molecule has 25 heavy (non-hydrogen) atoms. The fourth-order valence-corrected chi connectivity index (χ4v) is 3.61. The Hall–Kier alpha value is -2.62. The van der Waals surface area contributed by atoms with Crippen molar-refractivity contribution < 1.29 is 9.59 Å². The van der Waals surface area contributed by atoms with Crippen molar-refractivity contribution in [3.05, 3.63) is 71.8 Å². The van der Waals surface area contributed by atoms with Gasteiger partial charge in [0.1, 0.15) is 5.54 Å². The van der Waals surface area contributed by atoms with E-state index in [9.17, 15) is 9.59 Å². The molecule has 0 saturated carbocycles. The second-order valence-corrected chi connectivity index (χ2v) is 6.47. The third-order valence-corrected chi connectivity index (χ3v) is 5.16. The average Bonchev–Trinajstić information content (AvgIpc) is 2.85. The molecule has 1 aliphatic heterocycles.